The lowest BCUT2D eigenvalue weighted by Crippen LogP contribution is -2.05. The predicted octanol–water partition coefficient (Wildman–Crippen LogP) is 5.04. The van der Waals surface area contributed by atoms with Crippen LogP contribution in [0, 0.1) is 6.92 Å². The van der Waals surface area contributed by atoms with Crippen LogP contribution in [0.4, 0.5) is 0 Å². The maximum absolute atomic E-state index is 12.2. The summed E-state index contributed by atoms with van der Waals surface area (Å²) in [6.07, 6.45) is 0. The molecule has 0 aliphatic carbocycles. The van der Waals surface area contributed by atoms with E-state index < -0.39 is 0 Å². The van der Waals surface area contributed by atoms with Crippen molar-refractivity contribution in [1.82, 2.24) is 0 Å². The Morgan fingerprint density at radius 2 is 1.60 bits per heavy atom. The minimum atomic E-state index is -0.383. The number of aryl methyl sites for hydroxylation is 1. The second-order valence-electron chi connectivity index (χ2n) is 6.95. The van der Waals surface area contributed by atoms with E-state index in [-0.39, 0.29) is 18.2 Å². The molecule has 4 rings (SSSR count). The highest BCUT2D eigenvalue weighted by atomic mass is 16.5. The third-order valence-corrected chi connectivity index (χ3v) is 4.73. The van der Waals surface area contributed by atoms with Gasteiger partial charge in [-0.3, -0.25) is 0 Å². The highest BCUT2D eigenvalue weighted by molar-refractivity contribution is 5.89. The average Bonchev–Trinajstić information content (AvgIpc) is 2.76. The van der Waals surface area contributed by atoms with Gasteiger partial charge >= 0.3 is 11.6 Å². The van der Waals surface area contributed by atoms with Crippen LogP contribution in [0.1, 0.15) is 27.0 Å². The zero-order valence-corrected chi connectivity index (χ0v) is 16.5. The molecule has 0 N–H and O–H groups in total. The molecule has 5 nitrogen and oxygen atoms in total. The van der Waals surface area contributed by atoms with E-state index in [0.717, 1.165) is 22.1 Å². The standard InChI is InChI=1S/C25H20O5/c1-17-13-24(26)30-23-14-21(11-12-22(17)23)28-15-19-7-9-20(10-8-19)25(27)29-16-18-5-3-2-4-6-18/h2-14H,15-16H2,1H3. The number of carbonyl (C=O) groups excluding carboxylic acids is 1. The molecule has 0 unspecified atom stereocenters. The molecule has 150 valence electrons. The van der Waals surface area contributed by atoms with E-state index in [1.165, 1.54) is 6.07 Å². The Morgan fingerprint density at radius 3 is 2.37 bits per heavy atom. The van der Waals surface area contributed by atoms with Crippen LogP contribution in [0.3, 0.4) is 0 Å². The fraction of sp³-hybridized carbons (Fsp3) is 0.120. The molecule has 0 atom stereocenters. The van der Waals surface area contributed by atoms with Crippen molar-refractivity contribution in [2.45, 2.75) is 20.1 Å². The van der Waals surface area contributed by atoms with Gasteiger partial charge in [0.15, 0.2) is 0 Å². The molecule has 3 aromatic carbocycles. The van der Waals surface area contributed by atoms with Gasteiger partial charge in [0.1, 0.15) is 24.5 Å². The lowest BCUT2D eigenvalue weighted by Gasteiger charge is -2.09. The van der Waals surface area contributed by atoms with Crippen molar-refractivity contribution >= 4 is 16.9 Å². The van der Waals surface area contributed by atoms with Crippen molar-refractivity contribution in [1.29, 1.82) is 0 Å². The van der Waals surface area contributed by atoms with E-state index in [1.54, 1.807) is 18.2 Å². The third kappa shape index (κ3) is 4.58. The summed E-state index contributed by atoms with van der Waals surface area (Å²) < 4.78 is 16.4. The Balaban J connectivity index is 1.37. The molecule has 1 aromatic heterocycles. The average molecular weight is 400 g/mol. The predicted molar refractivity (Wildman–Crippen MR) is 114 cm³/mol. The largest absolute Gasteiger partial charge is 0.489 e. The molecular weight excluding hydrogens is 380 g/mol. The SMILES string of the molecule is Cc1cc(=O)oc2cc(OCc3ccc(C(=O)OCc4ccccc4)cc3)ccc12. The molecule has 0 saturated heterocycles. The molecule has 0 radical (unpaired) electrons. The van der Waals surface area contributed by atoms with Gasteiger partial charge in [-0.25, -0.2) is 9.59 Å². The van der Waals surface area contributed by atoms with E-state index in [4.69, 9.17) is 13.9 Å². The molecule has 30 heavy (non-hydrogen) atoms. The van der Waals surface area contributed by atoms with Gasteiger partial charge in [0, 0.05) is 17.5 Å². The minimum absolute atomic E-state index is 0.238. The molecule has 4 aromatic rings. The molecule has 0 amide bonds. The van der Waals surface area contributed by atoms with Crippen LogP contribution in [0.25, 0.3) is 11.0 Å². The Morgan fingerprint density at radius 1 is 0.867 bits per heavy atom. The van der Waals surface area contributed by atoms with Crippen molar-refractivity contribution in [3.8, 4) is 5.75 Å². The van der Waals surface area contributed by atoms with Crippen LogP contribution < -0.4 is 10.4 Å². The summed E-state index contributed by atoms with van der Waals surface area (Å²) in [6.45, 7) is 2.43. The van der Waals surface area contributed by atoms with Gasteiger partial charge in [-0.05, 0) is 47.9 Å². The fourth-order valence-corrected chi connectivity index (χ4v) is 3.11. The number of rotatable bonds is 6. The van der Waals surface area contributed by atoms with E-state index in [0.29, 0.717) is 23.5 Å². The topological polar surface area (TPSA) is 65.7 Å². The summed E-state index contributed by atoms with van der Waals surface area (Å²) in [5.74, 6) is 0.230. The Labute approximate surface area is 173 Å². The van der Waals surface area contributed by atoms with Crippen molar-refractivity contribution in [3.05, 3.63) is 112 Å². The normalized spacial score (nSPS) is 10.7. The van der Waals surface area contributed by atoms with Crippen molar-refractivity contribution < 1.29 is 18.7 Å². The van der Waals surface area contributed by atoms with Crippen LogP contribution >= 0.6 is 0 Å². The Hall–Kier alpha value is -3.86. The van der Waals surface area contributed by atoms with Gasteiger partial charge in [0.05, 0.1) is 5.56 Å². The van der Waals surface area contributed by atoms with Crippen molar-refractivity contribution in [3.63, 3.8) is 0 Å². The zero-order valence-electron chi connectivity index (χ0n) is 16.5. The summed E-state index contributed by atoms with van der Waals surface area (Å²) in [5, 5.41) is 0.875. The molecular formula is C25H20O5. The second-order valence-corrected chi connectivity index (χ2v) is 6.95. The number of ether oxygens (including phenoxy) is 2. The van der Waals surface area contributed by atoms with Gasteiger partial charge in [0.25, 0.3) is 0 Å². The quantitative estimate of drug-likeness (QED) is 0.335. The van der Waals surface area contributed by atoms with Crippen LogP contribution in [0.5, 0.6) is 5.75 Å². The first-order valence-electron chi connectivity index (χ1n) is 9.56. The van der Waals surface area contributed by atoms with Gasteiger partial charge in [-0.15, -0.1) is 0 Å². The molecule has 0 fully saturated rings. The van der Waals surface area contributed by atoms with Gasteiger partial charge < -0.3 is 13.9 Å². The maximum Gasteiger partial charge on any atom is 0.338 e. The van der Waals surface area contributed by atoms with Crippen LogP contribution in [0.2, 0.25) is 0 Å². The number of hydrogen-bond acceptors (Lipinski definition) is 5. The number of fused-ring (bicyclic) bond motifs is 1. The number of benzene rings is 3. The molecule has 0 aliphatic heterocycles. The van der Waals surface area contributed by atoms with E-state index in [1.807, 2.05) is 61.5 Å². The van der Waals surface area contributed by atoms with Crippen molar-refractivity contribution in [2.24, 2.45) is 0 Å². The van der Waals surface area contributed by atoms with Crippen LogP contribution in [-0.4, -0.2) is 5.97 Å². The number of carbonyl (C=O) groups is 1. The Bertz CT molecular complexity index is 1220. The number of hydrogen-bond donors (Lipinski definition) is 0. The summed E-state index contributed by atoms with van der Waals surface area (Å²) in [5.41, 5.74) is 3.30. The molecule has 1 heterocycles. The monoisotopic (exact) mass is 400 g/mol. The maximum atomic E-state index is 12.2. The molecule has 0 saturated carbocycles. The molecule has 5 heteroatoms. The first kappa shape index (κ1) is 19.5. The van der Waals surface area contributed by atoms with Crippen molar-refractivity contribution in [2.75, 3.05) is 0 Å². The summed E-state index contributed by atoms with van der Waals surface area (Å²) in [7, 11) is 0. The molecule has 0 aliphatic rings. The first-order chi connectivity index (χ1) is 14.6. The highest BCUT2D eigenvalue weighted by Gasteiger charge is 2.08. The first-order valence-corrected chi connectivity index (χ1v) is 9.56. The van der Waals surface area contributed by atoms with E-state index in [9.17, 15) is 9.59 Å². The highest BCUT2D eigenvalue weighted by Crippen LogP contribution is 2.23. The molecule has 0 spiro atoms. The molecule has 0 bridgehead atoms. The second kappa shape index (κ2) is 8.66. The Kier molecular flexibility index (Phi) is 5.61. The summed E-state index contributed by atoms with van der Waals surface area (Å²) >= 11 is 0. The fourth-order valence-electron chi connectivity index (χ4n) is 3.11. The van der Waals surface area contributed by atoms with E-state index >= 15 is 0 Å². The van der Waals surface area contributed by atoms with Gasteiger partial charge in [-0.1, -0.05) is 42.5 Å². The third-order valence-electron chi connectivity index (χ3n) is 4.73. The lowest BCUT2D eigenvalue weighted by molar-refractivity contribution is 0.0472. The summed E-state index contributed by atoms with van der Waals surface area (Å²) in [6, 6.07) is 23.5. The van der Waals surface area contributed by atoms with Gasteiger partial charge in [0.2, 0.25) is 0 Å². The van der Waals surface area contributed by atoms with Crippen LogP contribution in [0.15, 0.2) is 88.1 Å². The van der Waals surface area contributed by atoms with Crippen LogP contribution in [-0.2, 0) is 18.0 Å². The zero-order chi connectivity index (χ0) is 20.9. The summed E-state index contributed by atoms with van der Waals surface area (Å²) in [4.78, 5) is 23.8. The van der Waals surface area contributed by atoms with Gasteiger partial charge in [-0.2, -0.15) is 0 Å². The lowest BCUT2D eigenvalue weighted by atomic mass is 10.1. The smallest absolute Gasteiger partial charge is 0.338 e. The number of esters is 1. The van der Waals surface area contributed by atoms with E-state index in [2.05, 4.69) is 0 Å². The minimum Gasteiger partial charge on any atom is -0.489 e.